The molecule has 1 aliphatic carbocycles. The summed E-state index contributed by atoms with van der Waals surface area (Å²) in [6.45, 7) is 4.37. The van der Waals surface area contributed by atoms with Gasteiger partial charge in [0.2, 0.25) is 0 Å². The van der Waals surface area contributed by atoms with Crippen molar-refractivity contribution in [3.8, 4) is 0 Å². The molecule has 1 saturated heterocycles. The zero-order valence-electron chi connectivity index (χ0n) is 7.88. The molecule has 0 radical (unpaired) electrons. The molecular formula is C10H19NO. The minimum Gasteiger partial charge on any atom is -0.378 e. The van der Waals surface area contributed by atoms with Gasteiger partial charge >= 0.3 is 0 Å². The van der Waals surface area contributed by atoms with Crippen LogP contribution in [0.25, 0.3) is 0 Å². The van der Waals surface area contributed by atoms with Crippen LogP contribution >= 0.6 is 0 Å². The highest BCUT2D eigenvalue weighted by molar-refractivity contribution is 4.80. The largest absolute Gasteiger partial charge is 0.378 e. The summed E-state index contributed by atoms with van der Waals surface area (Å²) in [6.07, 6.45) is 5.77. The van der Waals surface area contributed by atoms with Gasteiger partial charge in [-0.1, -0.05) is 0 Å². The molecule has 0 aromatic carbocycles. The maximum Gasteiger partial charge on any atom is 0.0561 e. The molecule has 12 heavy (non-hydrogen) atoms. The molecule has 1 N–H and O–H groups in total. The molecule has 1 saturated carbocycles. The Labute approximate surface area is 74.7 Å². The third kappa shape index (κ3) is 2.46. The van der Waals surface area contributed by atoms with Crippen LogP contribution in [0, 0.1) is 5.92 Å². The fourth-order valence-corrected chi connectivity index (χ4v) is 1.84. The van der Waals surface area contributed by atoms with Crippen molar-refractivity contribution in [2.75, 3.05) is 13.2 Å². The summed E-state index contributed by atoms with van der Waals surface area (Å²) in [5.74, 6) is 1.00. The monoisotopic (exact) mass is 169 g/mol. The molecule has 2 heteroatoms. The van der Waals surface area contributed by atoms with Gasteiger partial charge < -0.3 is 10.1 Å². The van der Waals surface area contributed by atoms with Crippen molar-refractivity contribution in [2.24, 2.45) is 5.92 Å². The Bertz CT molecular complexity index is 145. The van der Waals surface area contributed by atoms with Crippen LogP contribution in [0.15, 0.2) is 0 Å². The Balaban J connectivity index is 1.64. The molecule has 2 unspecified atom stereocenters. The van der Waals surface area contributed by atoms with Gasteiger partial charge in [0, 0.05) is 12.6 Å². The lowest BCUT2D eigenvalue weighted by Gasteiger charge is -2.28. The summed E-state index contributed by atoms with van der Waals surface area (Å²) in [7, 11) is 0. The zero-order valence-corrected chi connectivity index (χ0v) is 7.88. The topological polar surface area (TPSA) is 21.3 Å². The van der Waals surface area contributed by atoms with Crippen LogP contribution in [0.4, 0.5) is 0 Å². The molecule has 2 fully saturated rings. The van der Waals surface area contributed by atoms with E-state index in [0.29, 0.717) is 6.10 Å². The van der Waals surface area contributed by atoms with E-state index in [1.807, 2.05) is 0 Å². The normalized spacial score (nSPS) is 36.8. The molecule has 2 nitrogen and oxygen atoms in total. The number of hydrogen-bond donors (Lipinski definition) is 1. The molecule has 0 aromatic heterocycles. The molecule has 1 aliphatic heterocycles. The highest BCUT2D eigenvalue weighted by atomic mass is 16.5. The van der Waals surface area contributed by atoms with Crippen LogP contribution in [0.2, 0.25) is 0 Å². The first-order valence-corrected chi connectivity index (χ1v) is 5.19. The maximum absolute atomic E-state index is 5.49. The summed E-state index contributed by atoms with van der Waals surface area (Å²) in [5, 5.41) is 3.63. The van der Waals surface area contributed by atoms with Crippen molar-refractivity contribution >= 4 is 0 Å². The van der Waals surface area contributed by atoms with Gasteiger partial charge in [0.15, 0.2) is 0 Å². The molecule has 2 aliphatic rings. The van der Waals surface area contributed by atoms with Gasteiger partial charge in [-0.25, -0.2) is 0 Å². The van der Waals surface area contributed by atoms with Crippen LogP contribution in [-0.4, -0.2) is 25.3 Å². The Hall–Kier alpha value is -0.0800. The van der Waals surface area contributed by atoms with E-state index in [9.17, 15) is 0 Å². The molecule has 0 bridgehead atoms. The fraction of sp³-hybridized carbons (Fsp3) is 1.00. The Morgan fingerprint density at radius 3 is 2.83 bits per heavy atom. The fourth-order valence-electron chi connectivity index (χ4n) is 1.84. The Kier molecular flexibility index (Phi) is 2.66. The Morgan fingerprint density at radius 1 is 1.33 bits per heavy atom. The molecular weight excluding hydrogens is 150 g/mol. The van der Waals surface area contributed by atoms with Crippen molar-refractivity contribution in [1.29, 1.82) is 0 Å². The number of ether oxygens (including phenoxy) is 1. The van der Waals surface area contributed by atoms with Crippen LogP contribution in [0.3, 0.4) is 0 Å². The van der Waals surface area contributed by atoms with Crippen LogP contribution in [0.5, 0.6) is 0 Å². The van der Waals surface area contributed by atoms with Gasteiger partial charge in [-0.15, -0.1) is 0 Å². The van der Waals surface area contributed by atoms with E-state index in [2.05, 4.69) is 12.2 Å². The second-order valence-corrected chi connectivity index (χ2v) is 4.25. The predicted octanol–water partition coefficient (Wildman–Crippen LogP) is 1.55. The number of rotatable bonds is 3. The first-order valence-electron chi connectivity index (χ1n) is 5.19. The average Bonchev–Trinajstić information content (AvgIpc) is 2.84. The molecule has 70 valence electrons. The molecule has 0 amide bonds. The second-order valence-electron chi connectivity index (χ2n) is 4.25. The van der Waals surface area contributed by atoms with Crippen LogP contribution in [-0.2, 0) is 4.74 Å². The first-order chi connectivity index (χ1) is 5.84. The smallest absolute Gasteiger partial charge is 0.0561 e. The second kappa shape index (κ2) is 3.75. The van der Waals surface area contributed by atoms with Gasteiger partial charge in [-0.3, -0.25) is 0 Å². The van der Waals surface area contributed by atoms with E-state index >= 15 is 0 Å². The highest BCUT2D eigenvalue weighted by Gasteiger charge is 2.24. The van der Waals surface area contributed by atoms with Crippen molar-refractivity contribution in [2.45, 2.75) is 44.8 Å². The Morgan fingerprint density at radius 2 is 2.17 bits per heavy atom. The third-order valence-corrected chi connectivity index (χ3v) is 2.88. The van der Waals surface area contributed by atoms with Crippen molar-refractivity contribution in [1.82, 2.24) is 5.32 Å². The molecule has 0 aromatic rings. The lowest BCUT2D eigenvalue weighted by atomic mass is 10.0. The molecule has 1 heterocycles. The highest BCUT2D eigenvalue weighted by Crippen LogP contribution is 2.28. The maximum atomic E-state index is 5.49. The summed E-state index contributed by atoms with van der Waals surface area (Å²) in [4.78, 5) is 0. The van der Waals surface area contributed by atoms with Crippen LogP contribution in [0.1, 0.15) is 32.6 Å². The van der Waals surface area contributed by atoms with Crippen molar-refractivity contribution < 1.29 is 4.74 Å². The summed E-state index contributed by atoms with van der Waals surface area (Å²) < 4.78 is 5.49. The van der Waals surface area contributed by atoms with Gasteiger partial charge in [0.1, 0.15) is 0 Å². The zero-order chi connectivity index (χ0) is 8.39. The van der Waals surface area contributed by atoms with Gasteiger partial charge in [-0.05, 0) is 45.1 Å². The SMILES string of the molecule is CC1CC(NCC2CC2)CCO1. The minimum absolute atomic E-state index is 0.468. The standard InChI is InChI=1S/C10H19NO/c1-8-6-10(4-5-12-8)11-7-9-2-3-9/h8-11H,2-7H2,1H3. The van der Waals surface area contributed by atoms with Gasteiger partial charge in [0.25, 0.3) is 0 Å². The van der Waals surface area contributed by atoms with Gasteiger partial charge in [0.05, 0.1) is 6.10 Å². The predicted molar refractivity (Wildman–Crippen MR) is 49.2 cm³/mol. The molecule has 0 spiro atoms. The van der Waals surface area contributed by atoms with Gasteiger partial charge in [-0.2, -0.15) is 0 Å². The number of nitrogens with one attached hydrogen (secondary N) is 1. The number of hydrogen-bond acceptors (Lipinski definition) is 2. The summed E-state index contributed by atoms with van der Waals surface area (Å²) >= 11 is 0. The molecule has 2 rings (SSSR count). The van der Waals surface area contributed by atoms with E-state index in [0.717, 1.165) is 18.6 Å². The quantitative estimate of drug-likeness (QED) is 0.692. The summed E-state index contributed by atoms with van der Waals surface area (Å²) in [5.41, 5.74) is 0. The van der Waals surface area contributed by atoms with Crippen molar-refractivity contribution in [3.63, 3.8) is 0 Å². The average molecular weight is 169 g/mol. The van der Waals surface area contributed by atoms with E-state index in [1.165, 1.54) is 32.2 Å². The third-order valence-electron chi connectivity index (χ3n) is 2.88. The minimum atomic E-state index is 0.468. The van der Waals surface area contributed by atoms with E-state index in [4.69, 9.17) is 4.74 Å². The lowest BCUT2D eigenvalue weighted by Crippen LogP contribution is -2.38. The van der Waals surface area contributed by atoms with E-state index in [1.54, 1.807) is 0 Å². The first kappa shape index (κ1) is 8.52. The van der Waals surface area contributed by atoms with Crippen molar-refractivity contribution in [3.05, 3.63) is 0 Å². The van der Waals surface area contributed by atoms with E-state index in [-0.39, 0.29) is 0 Å². The molecule has 2 atom stereocenters. The summed E-state index contributed by atoms with van der Waals surface area (Å²) in [6, 6.07) is 0.731. The van der Waals surface area contributed by atoms with Crippen LogP contribution < -0.4 is 5.32 Å². The van der Waals surface area contributed by atoms with E-state index < -0.39 is 0 Å². The lowest BCUT2D eigenvalue weighted by molar-refractivity contribution is 0.0132.